The topological polar surface area (TPSA) is 18.5 Å². The highest BCUT2D eigenvalue weighted by atomic mass is 16.5. The minimum atomic E-state index is 0.273. The molecule has 1 aliphatic rings. The fourth-order valence-corrected chi connectivity index (χ4v) is 2.68. The third-order valence-corrected chi connectivity index (χ3v) is 3.74. The molecule has 3 rings (SSSR count). The Bertz CT molecular complexity index is 604. The Morgan fingerprint density at radius 1 is 1.19 bits per heavy atom. The first-order chi connectivity index (χ1) is 10.3. The summed E-state index contributed by atoms with van der Waals surface area (Å²) in [6.07, 6.45) is 5.09. The van der Waals surface area contributed by atoms with Gasteiger partial charge < -0.3 is 9.47 Å². The van der Waals surface area contributed by atoms with E-state index in [1.165, 1.54) is 11.1 Å². The lowest BCUT2D eigenvalue weighted by atomic mass is 10.0. The van der Waals surface area contributed by atoms with Crippen molar-refractivity contribution in [2.45, 2.75) is 25.4 Å². The molecule has 2 aromatic rings. The van der Waals surface area contributed by atoms with Gasteiger partial charge in [0.2, 0.25) is 0 Å². The quantitative estimate of drug-likeness (QED) is 0.739. The molecule has 0 aromatic heterocycles. The molecular formula is C19H20O2. The minimum Gasteiger partial charge on any atom is -0.490 e. The third kappa shape index (κ3) is 3.46. The predicted octanol–water partition coefficient (Wildman–Crippen LogP) is 4.19. The van der Waals surface area contributed by atoms with E-state index in [9.17, 15) is 0 Å². The number of aryl methyl sites for hydroxylation is 1. The standard InChI is InChI=1S/C19H20O2/c1-2-12-20-17-10-11-19-16(13-17)14-18(21-19)9-8-15-6-4-3-5-7-15/h2-7,10-11,13,18H,1,8-9,12,14H2/t18-/m0/s1. The van der Waals surface area contributed by atoms with Gasteiger partial charge in [0.1, 0.15) is 24.2 Å². The van der Waals surface area contributed by atoms with Crippen molar-refractivity contribution < 1.29 is 9.47 Å². The van der Waals surface area contributed by atoms with Crippen molar-refractivity contribution >= 4 is 0 Å². The largest absolute Gasteiger partial charge is 0.490 e. The molecule has 21 heavy (non-hydrogen) atoms. The van der Waals surface area contributed by atoms with E-state index in [-0.39, 0.29) is 6.10 Å². The molecule has 2 aromatic carbocycles. The average Bonchev–Trinajstić information content (AvgIpc) is 2.94. The van der Waals surface area contributed by atoms with E-state index in [2.05, 4.69) is 43.0 Å². The smallest absolute Gasteiger partial charge is 0.123 e. The Kier molecular flexibility index (Phi) is 4.25. The van der Waals surface area contributed by atoms with Crippen LogP contribution in [0.2, 0.25) is 0 Å². The number of hydrogen-bond donors (Lipinski definition) is 0. The van der Waals surface area contributed by atoms with Crippen LogP contribution in [0.15, 0.2) is 61.2 Å². The first kappa shape index (κ1) is 13.7. The molecule has 108 valence electrons. The van der Waals surface area contributed by atoms with Crippen LogP contribution in [0.1, 0.15) is 17.5 Å². The lowest BCUT2D eigenvalue weighted by Crippen LogP contribution is -2.13. The molecule has 0 spiro atoms. The maximum Gasteiger partial charge on any atom is 0.123 e. The van der Waals surface area contributed by atoms with E-state index in [4.69, 9.17) is 9.47 Å². The zero-order valence-electron chi connectivity index (χ0n) is 12.1. The molecule has 1 heterocycles. The van der Waals surface area contributed by atoms with Gasteiger partial charge in [-0.25, -0.2) is 0 Å². The summed E-state index contributed by atoms with van der Waals surface area (Å²) in [7, 11) is 0. The molecule has 0 saturated carbocycles. The van der Waals surface area contributed by atoms with Gasteiger partial charge in [-0.2, -0.15) is 0 Å². The molecule has 0 saturated heterocycles. The summed E-state index contributed by atoms with van der Waals surface area (Å²) in [5, 5.41) is 0. The lowest BCUT2D eigenvalue weighted by Gasteiger charge is -2.10. The van der Waals surface area contributed by atoms with E-state index in [0.29, 0.717) is 6.61 Å². The Hall–Kier alpha value is -2.22. The van der Waals surface area contributed by atoms with Crippen LogP contribution in [0.3, 0.4) is 0 Å². The molecule has 2 heteroatoms. The highest BCUT2D eigenvalue weighted by molar-refractivity contribution is 5.43. The summed E-state index contributed by atoms with van der Waals surface area (Å²) in [5.41, 5.74) is 2.61. The highest BCUT2D eigenvalue weighted by Crippen LogP contribution is 2.33. The van der Waals surface area contributed by atoms with Gasteiger partial charge in [-0.05, 0) is 36.6 Å². The Morgan fingerprint density at radius 2 is 2.05 bits per heavy atom. The summed E-state index contributed by atoms with van der Waals surface area (Å²) in [4.78, 5) is 0. The molecule has 0 radical (unpaired) electrons. The SMILES string of the molecule is C=CCOc1ccc2c(c1)C[C@H](CCc1ccccc1)O2. The molecule has 0 N–H and O–H groups in total. The molecule has 0 fully saturated rings. The molecular weight excluding hydrogens is 260 g/mol. The van der Waals surface area contributed by atoms with Crippen LogP contribution in [-0.2, 0) is 12.8 Å². The Balaban J connectivity index is 1.58. The second-order valence-corrected chi connectivity index (χ2v) is 5.34. The maximum absolute atomic E-state index is 6.01. The van der Waals surface area contributed by atoms with Crippen LogP contribution >= 0.6 is 0 Å². The molecule has 0 bridgehead atoms. The van der Waals surface area contributed by atoms with Gasteiger partial charge in [-0.3, -0.25) is 0 Å². The van der Waals surface area contributed by atoms with Crippen molar-refractivity contribution in [1.29, 1.82) is 0 Å². The van der Waals surface area contributed by atoms with Gasteiger partial charge in [0.25, 0.3) is 0 Å². The fraction of sp³-hybridized carbons (Fsp3) is 0.263. The maximum atomic E-state index is 6.01. The average molecular weight is 280 g/mol. The predicted molar refractivity (Wildman–Crippen MR) is 85.0 cm³/mol. The molecule has 1 atom stereocenters. The van der Waals surface area contributed by atoms with Gasteiger partial charge in [-0.15, -0.1) is 0 Å². The van der Waals surface area contributed by atoms with Crippen LogP contribution in [0.25, 0.3) is 0 Å². The van der Waals surface area contributed by atoms with Crippen molar-refractivity contribution in [3.63, 3.8) is 0 Å². The van der Waals surface area contributed by atoms with Gasteiger partial charge in [0, 0.05) is 12.0 Å². The van der Waals surface area contributed by atoms with Crippen LogP contribution in [0, 0.1) is 0 Å². The van der Waals surface area contributed by atoms with Crippen molar-refractivity contribution in [3.8, 4) is 11.5 Å². The Morgan fingerprint density at radius 3 is 2.86 bits per heavy atom. The summed E-state index contributed by atoms with van der Waals surface area (Å²) in [6.45, 7) is 4.20. The molecule has 0 amide bonds. The molecule has 1 aliphatic heterocycles. The van der Waals surface area contributed by atoms with E-state index in [1.807, 2.05) is 12.1 Å². The zero-order chi connectivity index (χ0) is 14.5. The number of ether oxygens (including phenoxy) is 2. The summed E-state index contributed by atoms with van der Waals surface area (Å²) < 4.78 is 11.6. The first-order valence-electron chi connectivity index (χ1n) is 7.42. The molecule has 0 unspecified atom stereocenters. The summed E-state index contributed by atoms with van der Waals surface area (Å²) in [6, 6.07) is 16.6. The normalized spacial score (nSPS) is 16.1. The second kappa shape index (κ2) is 6.49. The third-order valence-electron chi connectivity index (χ3n) is 3.74. The van der Waals surface area contributed by atoms with E-state index < -0.39 is 0 Å². The van der Waals surface area contributed by atoms with Crippen LogP contribution in [-0.4, -0.2) is 12.7 Å². The fourth-order valence-electron chi connectivity index (χ4n) is 2.68. The van der Waals surface area contributed by atoms with Crippen LogP contribution < -0.4 is 9.47 Å². The van der Waals surface area contributed by atoms with Gasteiger partial charge in [-0.1, -0.05) is 43.0 Å². The van der Waals surface area contributed by atoms with E-state index in [1.54, 1.807) is 6.08 Å². The van der Waals surface area contributed by atoms with Crippen molar-refractivity contribution in [2.75, 3.05) is 6.61 Å². The zero-order valence-corrected chi connectivity index (χ0v) is 12.1. The monoisotopic (exact) mass is 280 g/mol. The number of rotatable bonds is 6. The number of hydrogen-bond acceptors (Lipinski definition) is 2. The number of benzene rings is 2. The van der Waals surface area contributed by atoms with Crippen LogP contribution in [0.4, 0.5) is 0 Å². The van der Waals surface area contributed by atoms with Crippen molar-refractivity contribution in [3.05, 3.63) is 72.3 Å². The number of fused-ring (bicyclic) bond motifs is 1. The Labute approximate surface area is 126 Å². The van der Waals surface area contributed by atoms with Gasteiger partial charge >= 0.3 is 0 Å². The summed E-state index contributed by atoms with van der Waals surface area (Å²) >= 11 is 0. The molecule has 0 aliphatic carbocycles. The van der Waals surface area contributed by atoms with Crippen LogP contribution in [0.5, 0.6) is 11.5 Å². The lowest BCUT2D eigenvalue weighted by molar-refractivity contribution is 0.222. The summed E-state index contributed by atoms with van der Waals surface area (Å²) in [5.74, 6) is 1.89. The minimum absolute atomic E-state index is 0.273. The van der Waals surface area contributed by atoms with E-state index >= 15 is 0 Å². The van der Waals surface area contributed by atoms with E-state index in [0.717, 1.165) is 30.8 Å². The second-order valence-electron chi connectivity index (χ2n) is 5.34. The highest BCUT2D eigenvalue weighted by Gasteiger charge is 2.23. The van der Waals surface area contributed by atoms with Gasteiger partial charge in [0.15, 0.2) is 0 Å². The van der Waals surface area contributed by atoms with Crippen molar-refractivity contribution in [1.82, 2.24) is 0 Å². The van der Waals surface area contributed by atoms with Gasteiger partial charge in [0.05, 0.1) is 0 Å². The first-order valence-corrected chi connectivity index (χ1v) is 7.42. The van der Waals surface area contributed by atoms with Crippen molar-refractivity contribution in [2.24, 2.45) is 0 Å². The molecule has 2 nitrogen and oxygen atoms in total.